The Labute approximate surface area is 119 Å². The van der Waals surface area contributed by atoms with Gasteiger partial charge in [0.25, 0.3) is 0 Å². The first-order valence-electron chi connectivity index (χ1n) is 7.27. The van der Waals surface area contributed by atoms with Crippen LogP contribution in [-0.2, 0) is 4.79 Å². The van der Waals surface area contributed by atoms with Crippen molar-refractivity contribution in [1.82, 2.24) is 4.98 Å². The Balaban J connectivity index is 2.03. The molecule has 1 aromatic heterocycles. The molecular weight excluding hydrogens is 248 g/mol. The molecule has 2 aromatic rings. The zero-order valence-corrected chi connectivity index (χ0v) is 12.1. The average molecular weight is 268 g/mol. The predicted octanol–water partition coefficient (Wildman–Crippen LogP) is 3.35. The molecule has 3 rings (SSSR count). The third-order valence-electron chi connectivity index (χ3n) is 4.16. The number of carbonyl (C=O) groups is 1. The molecule has 3 heteroatoms. The number of hydrogen-bond donors (Lipinski definition) is 0. The van der Waals surface area contributed by atoms with Gasteiger partial charge in [0.1, 0.15) is 5.78 Å². The molecule has 0 saturated carbocycles. The molecule has 0 bridgehead atoms. The van der Waals surface area contributed by atoms with Crippen molar-refractivity contribution in [2.24, 2.45) is 5.92 Å². The number of rotatable bonds is 2. The molecule has 0 amide bonds. The van der Waals surface area contributed by atoms with E-state index in [0.29, 0.717) is 5.78 Å². The summed E-state index contributed by atoms with van der Waals surface area (Å²) in [7, 11) is 0. The first-order chi connectivity index (χ1) is 9.65. The summed E-state index contributed by atoms with van der Waals surface area (Å²) in [4.78, 5) is 18.6. The van der Waals surface area contributed by atoms with Crippen LogP contribution in [0.25, 0.3) is 10.9 Å². The SMILES string of the molecule is CC(=O)C1CCCN(c2cc(C)nc3ccccc23)C1. The second kappa shape index (κ2) is 5.23. The topological polar surface area (TPSA) is 33.2 Å². The van der Waals surface area contributed by atoms with Crippen LogP contribution in [0.2, 0.25) is 0 Å². The fourth-order valence-electron chi connectivity index (χ4n) is 3.08. The zero-order chi connectivity index (χ0) is 14.1. The van der Waals surface area contributed by atoms with E-state index < -0.39 is 0 Å². The smallest absolute Gasteiger partial charge is 0.134 e. The van der Waals surface area contributed by atoms with E-state index in [9.17, 15) is 4.79 Å². The number of pyridine rings is 1. The highest BCUT2D eigenvalue weighted by Crippen LogP contribution is 2.30. The first kappa shape index (κ1) is 13.1. The van der Waals surface area contributed by atoms with Crippen LogP contribution in [0.1, 0.15) is 25.5 Å². The van der Waals surface area contributed by atoms with Crippen molar-refractivity contribution in [1.29, 1.82) is 0 Å². The number of benzene rings is 1. The standard InChI is InChI=1S/C17H20N2O/c1-12-10-17(15-7-3-4-8-16(15)18-12)19-9-5-6-14(11-19)13(2)20/h3-4,7-8,10,14H,5-6,9,11H2,1-2H3. The Morgan fingerprint density at radius 1 is 1.35 bits per heavy atom. The Morgan fingerprint density at radius 3 is 2.95 bits per heavy atom. The molecule has 0 aliphatic carbocycles. The highest BCUT2D eigenvalue weighted by Gasteiger charge is 2.24. The van der Waals surface area contributed by atoms with Crippen LogP contribution in [0, 0.1) is 12.8 Å². The van der Waals surface area contributed by atoms with E-state index in [4.69, 9.17) is 0 Å². The molecule has 1 saturated heterocycles. The molecule has 2 heterocycles. The van der Waals surface area contributed by atoms with Gasteiger partial charge in [-0.05, 0) is 38.8 Å². The molecule has 3 nitrogen and oxygen atoms in total. The summed E-state index contributed by atoms with van der Waals surface area (Å²) in [5, 5.41) is 1.18. The van der Waals surface area contributed by atoms with Crippen LogP contribution in [0.4, 0.5) is 5.69 Å². The van der Waals surface area contributed by atoms with Gasteiger partial charge in [-0.2, -0.15) is 0 Å². The Bertz CT molecular complexity index is 650. The molecule has 1 aliphatic rings. The number of carbonyl (C=O) groups excluding carboxylic acids is 1. The zero-order valence-electron chi connectivity index (χ0n) is 12.1. The van der Waals surface area contributed by atoms with E-state index in [1.54, 1.807) is 6.92 Å². The number of piperidine rings is 1. The first-order valence-corrected chi connectivity index (χ1v) is 7.27. The lowest BCUT2D eigenvalue weighted by Gasteiger charge is -2.34. The minimum Gasteiger partial charge on any atom is -0.370 e. The summed E-state index contributed by atoms with van der Waals surface area (Å²) >= 11 is 0. The van der Waals surface area contributed by atoms with Crippen LogP contribution in [-0.4, -0.2) is 23.9 Å². The predicted molar refractivity (Wildman–Crippen MR) is 82.1 cm³/mol. The molecule has 104 valence electrons. The van der Waals surface area contributed by atoms with Crippen molar-refractivity contribution in [3.8, 4) is 0 Å². The number of aromatic nitrogens is 1. The van der Waals surface area contributed by atoms with Crippen molar-refractivity contribution in [3.05, 3.63) is 36.0 Å². The van der Waals surface area contributed by atoms with Gasteiger partial charge in [-0.25, -0.2) is 0 Å². The second-order valence-electron chi connectivity index (χ2n) is 5.70. The van der Waals surface area contributed by atoms with Gasteiger partial charge in [-0.1, -0.05) is 18.2 Å². The molecule has 1 aromatic carbocycles. The Hall–Kier alpha value is -1.90. The molecule has 0 spiro atoms. The fraction of sp³-hybridized carbons (Fsp3) is 0.412. The summed E-state index contributed by atoms with van der Waals surface area (Å²) in [5.41, 5.74) is 3.29. The quantitative estimate of drug-likeness (QED) is 0.837. The lowest BCUT2D eigenvalue weighted by atomic mass is 9.94. The maximum Gasteiger partial charge on any atom is 0.134 e. The number of ketones is 1. The van der Waals surface area contributed by atoms with Crippen molar-refractivity contribution in [2.75, 3.05) is 18.0 Å². The number of hydrogen-bond acceptors (Lipinski definition) is 3. The Kier molecular flexibility index (Phi) is 3.43. The summed E-state index contributed by atoms with van der Waals surface area (Å²) in [6, 6.07) is 10.4. The number of Topliss-reactive ketones (excluding diaryl/α,β-unsaturated/α-hetero) is 1. The average Bonchev–Trinajstić information content (AvgIpc) is 2.46. The molecule has 0 N–H and O–H groups in total. The third-order valence-corrected chi connectivity index (χ3v) is 4.16. The normalized spacial score (nSPS) is 19.3. The van der Waals surface area contributed by atoms with Crippen molar-refractivity contribution < 1.29 is 4.79 Å². The molecular formula is C17H20N2O. The molecule has 0 radical (unpaired) electrons. The van der Waals surface area contributed by atoms with Gasteiger partial charge >= 0.3 is 0 Å². The van der Waals surface area contributed by atoms with Gasteiger partial charge in [0.15, 0.2) is 0 Å². The minimum atomic E-state index is 0.177. The highest BCUT2D eigenvalue weighted by molar-refractivity contribution is 5.92. The van der Waals surface area contributed by atoms with E-state index in [-0.39, 0.29) is 5.92 Å². The van der Waals surface area contributed by atoms with Crippen LogP contribution in [0.15, 0.2) is 30.3 Å². The van der Waals surface area contributed by atoms with E-state index in [1.165, 1.54) is 11.1 Å². The molecule has 20 heavy (non-hydrogen) atoms. The van der Waals surface area contributed by atoms with Crippen molar-refractivity contribution >= 4 is 22.4 Å². The fourth-order valence-corrected chi connectivity index (χ4v) is 3.08. The van der Waals surface area contributed by atoms with Crippen molar-refractivity contribution in [2.45, 2.75) is 26.7 Å². The summed E-state index contributed by atoms with van der Waals surface area (Å²) < 4.78 is 0. The van der Waals surface area contributed by atoms with E-state index in [0.717, 1.165) is 37.1 Å². The monoisotopic (exact) mass is 268 g/mol. The lowest BCUT2D eigenvalue weighted by molar-refractivity contribution is -0.120. The number of aryl methyl sites for hydroxylation is 1. The molecule has 1 aliphatic heterocycles. The van der Waals surface area contributed by atoms with Gasteiger partial charge in [0.2, 0.25) is 0 Å². The van der Waals surface area contributed by atoms with Gasteiger partial charge in [0.05, 0.1) is 5.52 Å². The van der Waals surface area contributed by atoms with Gasteiger partial charge in [-0.15, -0.1) is 0 Å². The van der Waals surface area contributed by atoms with Crippen LogP contribution in [0.5, 0.6) is 0 Å². The Morgan fingerprint density at radius 2 is 2.15 bits per heavy atom. The molecule has 1 atom stereocenters. The summed E-state index contributed by atoms with van der Waals surface area (Å²) in [6.07, 6.45) is 2.10. The summed E-state index contributed by atoms with van der Waals surface area (Å²) in [5.74, 6) is 0.487. The van der Waals surface area contributed by atoms with Gasteiger partial charge < -0.3 is 4.90 Å². The maximum atomic E-state index is 11.7. The van der Waals surface area contributed by atoms with Crippen LogP contribution in [0.3, 0.4) is 0 Å². The number of anilines is 1. The van der Waals surface area contributed by atoms with E-state index in [1.807, 2.05) is 13.0 Å². The van der Waals surface area contributed by atoms with Crippen LogP contribution >= 0.6 is 0 Å². The second-order valence-corrected chi connectivity index (χ2v) is 5.70. The third kappa shape index (κ3) is 2.40. The number of fused-ring (bicyclic) bond motifs is 1. The highest BCUT2D eigenvalue weighted by atomic mass is 16.1. The largest absolute Gasteiger partial charge is 0.370 e. The van der Waals surface area contributed by atoms with Crippen LogP contribution < -0.4 is 4.90 Å². The molecule has 1 fully saturated rings. The maximum absolute atomic E-state index is 11.7. The molecule has 1 unspecified atom stereocenters. The van der Waals surface area contributed by atoms with E-state index in [2.05, 4.69) is 34.1 Å². The van der Waals surface area contributed by atoms with Crippen molar-refractivity contribution in [3.63, 3.8) is 0 Å². The summed E-state index contributed by atoms with van der Waals surface area (Å²) in [6.45, 7) is 5.60. The lowest BCUT2D eigenvalue weighted by Crippen LogP contribution is -2.38. The van der Waals surface area contributed by atoms with Gasteiger partial charge in [-0.3, -0.25) is 9.78 Å². The number of nitrogens with zero attached hydrogens (tertiary/aromatic N) is 2. The van der Waals surface area contributed by atoms with Gasteiger partial charge in [0, 0.05) is 35.8 Å². The number of para-hydroxylation sites is 1. The van der Waals surface area contributed by atoms with E-state index >= 15 is 0 Å². The minimum absolute atomic E-state index is 0.177.